The van der Waals surface area contributed by atoms with Crippen LogP contribution in [0.15, 0.2) is 29.2 Å². The maximum atomic E-state index is 11.7. The second kappa shape index (κ2) is 7.78. The first-order chi connectivity index (χ1) is 9.25. The number of nitrogens with one attached hydrogen (secondary N) is 2. The molecule has 1 amide bonds. The minimum absolute atomic E-state index is 0.119. The third-order valence-electron chi connectivity index (χ3n) is 3.13. The maximum Gasteiger partial charge on any atom is 0.220 e. The molecule has 0 saturated carbocycles. The summed E-state index contributed by atoms with van der Waals surface area (Å²) in [6, 6.07) is 8.18. The first kappa shape index (κ1) is 14.7. The Hall–Kier alpha value is -0.710. The highest BCUT2D eigenvalue weighted by Crippen LogP contribution is 2.26. The van der Waals surface area contributed by atoms with E-state index < -0.39 is 0 Å². The predicted molar refractivity (Wildman–Crippen MR) is 80.8 cm³/mol. The van der Waals surface area contributed by atoms with Crippen LogP contribution in [0.4, 0.5) is 0 Å². The van der Waals surface area contributed by atoms with Crippen molar-refractivity contribution in [1.29, 1.82) is 0 Å². The lowest BCUT2D eigenvalue weighted by atomic mass is 10.2. The summed E-state index contributed by atoms with van der Waals surface area (Å²) >= 11 is 7.68. The van der Waals surface area contributed by atoms with Crippen molar-refractivity contribution in [3.05, 3.63) is 29.3 Å². The molecular weight excluding hydrogens is 280 g/mol. The Morgan fingerprint density at radius 3 is 3.05 bits per heavy atom. The van der Waals surface area contributed by atoms with E-state index in [4.69, 9.17) is 11.6 Å². The molecule has 1 aliphatic heterocycles. The van der Waals surface area contributed by atoms with E-state index in [1.54, 1.807) is 11.8 Å². The van der Waals surface area contributed by atoms with Gasteiger partial charge in [-0.3, -0.25) is 4.79 Å². The van der Waals surface area contributed by atoms with Gasteiger partial charge in [0, 0.05) is 29.7 Å². The van der Waals surface area contributed by atoms with Gasteiger partial charge in [-0.1, -0.05) is 23.7 Å². The fourth-order valence-corrected chi connectivity index (χ4v) is 3.26. The van der Waals surface area contributed by atoms with Gasteiger partial charge < -0.3 is 10.6 Å². The molecule has 0 radical (unpaired) electrons. The normalized spacial score (nSPS) is 18.5. The Bertz CT molecular complexity index is 422. The molecule has 0 aromatic heterocycles. The van der Waals surface area contributed by atoms with Gasteiger partial charge >= 0.3 is 0 Å². The topological polar surface area (TPSA) is 41.1 Å². The second-order valence-electron chi connectivity index (χ2n) is 4.63. The van der Waals surface area contributed by atoms with Crippen LogP contribution in [0, 0.1) is 0 Å². The standard InChI is InChI=1S/C14H19ClN2OS/c15-12-5-1-2-6-13(12)19-9-7-14(18)17-10-11-4-3-8-16-11/h1-2,5-6,11,16H,3-4,7-10H2,(H,17,18). The van der Waals surface area contributed by atoms with Crippen LogP contribution in [-0.4, -0.2) is 30.8 Å². The summed E-state index contributed by atoms with van der Waals surface area (Å²) < 4.78 is 0. The molecule has 1 aromatic carbocycles. The van der Waals surface area contributed by atoms with Crippen molar-refractivity contribution in [1.82, 2.24) is 10.6 Å². The van der Waals surface area contributed by atoms with Crippen LogP contribution >= 0.6 is 23.4 Å². The Labute approximate surface area is 123 Å². The molecule has 104 valence electrons. The van der Waals surface area contributed by atoms with Crippen molar-refractivity contribution in [3.8, 4) is 0 Å². The van der Waals surface area contributed by atoms with E-state index in [-0.39, 0.29) is 5.91 Å². The quantitative estimate of drug-likeness (QED) is 0.794. The van der Waals surface area contributed by atoms with Crippen molar-refractivity contribution < 1.29 is 4.79 Å². The molecule has 0 spiro atoms. The Kier molecular flexibility index (Phi) is 6.01. The number of benzene rings is 1. The summed E-state index contributed by atoms with van der Waals surface area (Å²) in [7, 11) is 0. The largest absolute Gasteiger partial charge is 0.355 e. The lowest BCUT2D eigenvalue weighted by molar-refractivity contribution is -0.120. The Morgan fingerprint density at radius 1 is 1.47 bits per heavy atom. The molecule has 1 aliphatic rings. The lowest BCUT2D eigenvalue weighted by Crippen LogP contribution is -2.37. The second-order valence-corrected chi connectivity index (χ2v) is 6.17. The highest BCUT2D eigenvalue weighted by molar-refractivity contribution is 7.99. The molecular formula is C14H19ClN2OS. The third kappa shape index (κ3) is 5.05. The monoisotopic (exact) mass is 298 g/mol. The van der Waals surface area contributed by atoms with E-state index in [2.05, 4.69) is 10.6 Å². The van der Waals surface area contributed by atoms with Gasteiger partial charge in [0.25, 0.3) is 0 Å². The minimum atomic E-state index is 0.119. The number of hydrogen-bond acceptors (Lipinski definition) is 3. The number of halogens is 1. The van der Waals surface area contributed by atoms with E-state index in [0.29, 0.717) is 12.5 Å². The van der Waals surface area contributed by atoms with Crippen molar-refractivity contribution in [2.24, 2.45) is 0 Å². The number of thioether (sulfide) groups is 1. The van der Waals surface area contributed by atoms with E-state index in [1.165, 1.54) is 6.42 Å². The number of carbonyl (C=O) groups is 1. The van der Waals surface area contributed by atoms with Crippen LogP contribution < -0.4 is 10.6 Å². The molecule has 0 aliphatic carbocycles. The minimum Gasteiger partial charge on any atom is -0.355 e. The van der Waals surface area contributed by atoms with Crippen molar-refractivity contribution >= 4 is 29.3 Å². The third-order valence-corrected chi connectivity index (χ3v) is 4.65. The van der Waals surface area contributed by atoms with E-state index >= 15 is 0 Å². The molecule has 1 heterocycles. The average molecular weight is 299 g/mol. The van der Waals surface area contributed by atoms with Crippen LogP contribution in [0.1, 0.15) is 19.3 Å². The zero-order chi connectivity index (χ0) is 13.5. The van der Waals surface area contributed by atoms with Crippen molar-refractivity contribution in [2.75, 3.05) is 18.8 Å². The van der Waals surface area contributed by atoms with Gasteiger partial charge in [-0.15, -0.1) is 11.8 Å². The molecule has 2 N–H and O–H groups in total. The maximum absolute atomic E-state index is 11.7. The summed E-state index contributed by atoms with van der Waals surface area (Å²) in [5.74, 6) is 0.876. The zero-order valence-electron chi connectivity index (χ0n) is 10.8. The summed E-state index contributed by atoms with van der Waals surface area (Å²) in [5.41, 5.74) is 0. The number of carbonyl (C=O) groups excluding carboxylic acids is 1. The number of amides is 1. The molecule has 19 heavy (non-hydrogen) atoms. The number of hydrogen-bond donors (Lipinski definition) is 2. The van der Waals surface area contributed by atoms with E-state index in [1.807, 2.05) is 24.3 Å². The molecule has 1 atom stereocenters. The summed E-state index contributed by atoms with van der Waals surface area (Å²) in [6.07, 6.45) is 2.90. The first-order valence-corrected chi connectivity index (χ1v) is 7.99. The van der Waals surface area contributed by atoms with E-state index in [9.17, 15) is 4.79 Å². The zero-order valence-corrected chi connectivity index (χ0v) is 12.4. The highest BCUT2D eigenvalue weighted by atomic mass is 35.5. The fraction of sp³-hybridized carbons (Fsp3) is 0.500. The molecule has 5 heteroatoms. The molecule has 1 fully saturated rings. The molecule has 0 bridgehead atoms. The Balaban J connectivity index is 1.62. The van der Waals surface area contributed by atoms with Gasteiger partial charge in [-0.05, 0) is 31.5 Å². The van der Waals surface area contributed by atoms with Crippen LogP contribution in [0.2, 0.25) is 5.02 Å². The average Bonchev–Trinajstić information content (AvgIpc) is 2.92. The first-order valence-electron chi connectivity index (χ1n) is 6.63. The van der Waals surface area contributed by atoms with Gasteiger partial charge in [0.1, 0.15) is 0 Å². The van der Waals surface area contributed by atoms with Crippen LogP contribution in [-0.2, 0) is 4.79 Å². The fourth-order valence-electron chi connectivity index (χ4n) is 2.07. The summed E-state index contributed by atoms with van der Waals surface area (Å²) in [4.78, 5) is 12.7. The molecule has 3 nitrogen and oxygen atoms in total. The molecule has 1 unspecified atom stereocenters. The van der Waals surface area contributed by atoms with Gasteiger partial charge in [-0.2, -0.15) is 0 Å². The van der Waals surface area contributed by atoms with Gasteiger partial charge in [0.05, 0.1) is 5.02 Å². The van der Waals surface area contributed by atoms with Crippen LogP contribution in [0.3, 0.4) is 0 Å². The van der Waals surface area contributed by atoms with Gasteiger partial charge in [0.2, 0.25) is 5.91 Å². The smallest absolute Gasteiger partial charge is 0.220 e. The van der Waals surface area contributed by atoms with Crippen LogP contribution in [0.5, 0.6) is 0 Å². The van der Waals surface area contributed by atoms with Crippen LogP contribution in [0.25, 0.3) is 0 Å². The van der Waals surface area contributed by atoms with Crippen molar-refractivity contribution in [2.45, 2.75) is 30.2 Å². The Morgan fingerprint density at radius 2 is 2.32 bits per heavy atom. The summed E-state index contributed by atoms with van der Waals surface area (Å²) in [6.45, 7) is 1.82. The molecule has 1 aromatic rings. The highest BCUT2D eigenvalue weighted by Gasteiger charge is 2.14. The van der Waals surface area contributed by atoms with Crippen molar-refractivity contribution in [3.63, 3.8) is 0 Å². The molecule has 1 saturated heterocycles. The number of rotatable bonds is 6. The predicted octanol–water partition coefficient (Wildman–Crippen LogP) is 2.69. The summed E-state index contributed by atoms with van der Waals surface area (Å²) in [5, 5.41) is 7.09. The van der Waals surface area contributed by atoms with Gasteiger partial charge in [-0.25, -0.2) is 0 Å². The molecule has 2 rings (SSSR count). The van der Waals surface area contributed by atoms with E-state index in [0.717, 1.165) is 35.2 Å². The van der Waals surface area contributed by atoms with Gasteiger partial charge in [0.15, 0.2) is 0 Å². The SMILES string of the molecule is O=C(CCSc1ccccc1Cl)NCC1CCCN1. The lowest BCUT2D eigenvalue weighted by Gasteiger charge is -2.11.